The van der Waals surface area contributed by atoms with Crippen LogP contribution in [0.1, 0.15) is 28.8 Å². The van der Waals surface area contributed by atoms with Gasteiger partial charge in [0.2, 0.25) is 0 Å². The zero-order valence-electron chi connectivity index (χ0n) is 13.9. The fourth-order valence-corrected chi connectivity index (χ4v) is 4.43. The maximum absolute atomic E-state index is 12.6. The standard InChI is InChI=1S/C19H22N2O3S/c22-19(21-13-16-8-6-12-20-16)18-11-5-4-7-15(18)14-25(23,24)17-9-2-1-3-10-17/h1-5,7,9-11,16,20H,6,8,12-14H2,(H,21,22). The first-order valence-electron chi connectivity index (χ1n) is 8.43. The number of amides is 1. The predicted octanol–water partition coefficient (Wildman–Crippen LogP) is 2.14. The molecule has 1 atom stereocenters. The third-order valence-electron chi connectivity index (χ3n) is 4.38. The van der Waals surface area contributed by atoms with Crippen LogP contribution in [0.5, 0.6) is 0 Å². The van der Waals surface area contributed by atoms with Crippen LogP contribution < -0.4 is 10.6 Å². The van der Waals surface area contributed by atoms with Crippen LogP contribution >= 0.6 is 0 Å². The van der Waals surface area contributed by atoms with E-state index in [0.29, 0.717) is 23.7 Å². The second-order valence-corrected chi connectivity index (χ2v) is 8.22. The molecule has 0 spiro atoms. The Hall–Kier alpha value is -2.18. The van der Waals surface area contributed by atoms with Crippen LogP contribution in [0.25, 0.3) is 0 Å². The van der Waals surface area contributed by atoms with Crippen LogP contribution in [0.15, 0.2) is 59.5 Å². The van der Waals surface area contributed by atoms with E-state index in [1.165, 1.54) is 0 Å². The van der Waals surface area contributed by atoms with Crippen LogP contribution in [0.4, 0.5) is 0 Å². The van der Waals surface area contributed by atoms with Gasteiger partial charge in [-0.25, -0.2) is 8.42 Å². The van der Waals surface area contributed by atoms with Crippen molar-refractivity contribution in [2.45, 2.75) is 29.5 Å². The highest BCUT2D eigenvalue weighted by molar-refractivity contribution is 7.90. The molecule has 0 radical (unpaired) electrons. The number of hydrogen-bond acceptors (Lipinski definition) is 4. The summed E-state index contributed by atoms with van der Waals surface area (Å²) in [4.78, 5) is 12.8. The van der Waals surface area contributed by atoms with Crippen molar-refractivity contribution in [2.75, 3.05) is 13.1 Å². The third-order valence-corrected chi connectivity index (χ3v) is 6.06. The number of hydrogen-bond donors (Lipinski definition) is 2. The molecule has 1 saturated heterocycles. The largest absolute Gasteiger partial charge is 0.350 e. The van der Waals surface area contributed by atoms with Crippen molar-refractivity contribution in [1.82, 2.24) is 10.6 Å². The van der Waals surface area contributed by atoms with Crippen molar-refractivity contribution in [3.63, 3.8) is 0 Å². The molecule has 3 rings (SSSR count). The Bertz CT molecular complexity index is 829. The molecule has 5 nitrogen and oxygen atoms in total. The smallest absolute Gasteiger partial charge is 0.251 e. The number of benzene rings is 2. The Morgan fingerprint density at radius 2 is 1.80 bits per heavy atom. The van der Waals surface area contributed by atoms with Crippen LogP contribution in [0, 0.1) is 0 Å². The SMILES string of the molecule is O=C(NCC1CCCN1)c1ccccc1CS(=O)(=O)c1ccccc1. The minimum Gasteiger partial charge on any atom is -0.350 e. The maximum atomic E-state index is 12.6. The van der Waals surface area contributed by atoms with Gasteiger partial charge >= 0.3 is 0 Å². The predicted molar refractivity (Wildman–Crippen MR) is 97.1 cm³/mol. The van der Waals surface area contributed by atoms with E-state index < -0.39 is 9.84 Å². The summed E-state index contributed by atoms with van der Waals surface area (Å²) in [5.41, 5.74) is 0.934. The molecule has 25 heavy (non-hydrogen) atoms. The average molecular weight is 358 g/mol. The summed E-state index contributed by atoms with van der Waals surface area (Å²) in [6.07, 6.45) is 2.16. The van der Waals surface area contributed by atoms with Gasteiger partial charge in [0.25, 0.3) is 5.91 Å². The Balaban J connectivity index is 1.75. The monoisotopic (exact) mass is 358 g/mol. The lowest BCUT2D eigenvalue weighted by Crippen LogP contribution is -2.37. The zero-order chi connectivity index (χ0) is 17.7. The van der Waals surface area contributed by atoms with Gasteiger partial charge in [0.15, 0.2) is 9.84 Å². The molecule has 1 fully saturated rings. The lowest BCUT2D eigenvalue weighted by atomic mass is 10.1. The number of sulfone groups is 1. The van der Waals surface area contributed by atoms with Crippen molar-refractivity contribution >= 4 is 15.7 Å². The van der Waals surface area contributed by atoms with Crippen LogP contribution in [0.2, 0.25) is 0 Å². The minimum atomic E-state index is -3.49. The fourth-order valence-electron chi connectivity index (χ4n) is 3.03. The van der Waals surface area contributed by atoms with E-state index in [-0.39, 0.29) is 16.6 Å². The summed E-state index contributed by atoms with van der Waals surface area (Å²) in [5, 5.41) is 6.24. The van der Waals surface area contributed by atoms with E-state index in [9.17, 15) is 13.2 Å². The first kappa shape index (κ1) is 17.6. The van der Waals surface area contributed by atoms with Crippen molar-refractivity contribution in [2.24, 2.45) is 0 Å². The molecule has 2 aromatic carbocycles. The lowest BCUT2D eigenvalue weighted by molar-refractivity contribution is 0.0949. The summed E-state index contributed by atoms with van der Waals surface area (Å²) >= 11 is 0. The zero-order valence-corrected chi connectivity index (χ0v) is 14.8. The molecular formula is C19H22N2O3S. The molecule has 1 amide bonds. The van der Waals surface area contributed by atoms with Gasteiger partial charge in [0.05, 0.1) is 10.6 Å². The van der Waals surface area contributed by atoms with Gasteiger partial charge < -0.3 is 10.6 Å². The first-order chi connectivity index (χ1) is 12.1. The van der Waals surface area contributed by atoms with Gasteiger partial charge in [-0.05, 0) is 43.1 Å². The van der Waals surface area contributed by atoms with E-state index >= 15 is 0 Å². The van der Waals surface area contributed by atoms with Gasteiger partial charge in [-0.2, -0.15) is 0 Å². The Kier molecular flexibility index (Phi) is 5.50. The summed E-state index contributed by atoms with van der Waals surface area (Å²) in [7, 11) is -3.49. The highest BCUT2D eigenvalue weighted by atomic mass is 32.2. The second kappa shape index (κ2) is 7.80. The Morgan fingerprint density at radius 3 is 2.52 bits per heavy atom. The van der Waals surface area contributed by atoms with E-state index in [2.05, 4.69) is 10.6 Å². The molecule has 0 aromatic heterocycles. The van der Waals surface area contributed by atoms with Crippen molar-refractivity contribution < 1.29 is 13.2 Å². The molecule has 1 aliphatic rings. The molecule has 2 aromatic rings. The van der Waals surface area contributed by atoms with Crippen LogP contribution in [-0.2, 0) is 15.6 Å². The molecule has 2 N–H and O–H groups in total. The quantitative estimate of drug-likeness (QED) is 0.830. The number of nitrogens with one attached hydrogen (secondary N) is 2. The third kappa shape index (κ3) is 4.46. The molecule has 0 bridgehead atoms. The van der Waals surface area contributed by atoms with Gasteiger partial charge in [-0.15, -0.1) is 0 Å². The molecule has 0 aliphatic carbocycles. The summed E-state index contributed by atoms with van der Waals surface area (Å²) in [5.74, 6) is -0.421. The Morgan fingerprint density at radius 1 is 1.08 bits per heavy atom. The number of rotatable bonds is 6. The van der Waals surface area contributed by atoms with E-state index in [4.69, 9.17) is 0 Å². The minimum absolute atomic E-state index is 0.192. The van der Waals surface area contributed by atoms with E-state index in [1.807, 2.05) is 0 Å². The average Bonchev–Trinajstić information content (AvgIpc) is 3.14. The van der Waals surface area contributed by atoms with Gasteiger partial charge in [0, 0.05) is 18.2 Å². The second-order valence-electron chi connectivity index (χ2n) is 6.23. The van der Waals surface area contributed by atoms with Gasteiger partial charge in [-0.3, -0.25) is 4.79 Å². The van der Waals surface area contributed by atoms with Crippen LogP contribution in [-0.4, -0.2) is 33.5 Å². The highest BCUT2D eigenvalue weighted by Crippen LogP contribution is 2.19. The molecule has 6 heteroatoms. The van der Waals surface area contributed by atoms with Crippen LogP contribution in [0.3, 0.4) is 0 Å². The van der Waals surface area contributed by atoms with Crippen molar-refractivity contribution in [3.8, 4) is 0 Å². The van der Waals surface area contributed by atoms with Crippen molar-refractivity contribution in [3.05, 3.63) is 65.7 Å². The van der Waals surface area contributed by atoms with E-state index in [1.54, 1.807) is 54.6 Å². The topological polar surface area (TPSA) is 75.3 Å². The number of carbonyl (C=O) groups is 1. The summed E-state index contributed by atoms with van der Waals surface area (Å²) in [6, 6.07) is 15.5. The fraction of sp³-hybridized carbons (Fsp3) is 0.316. The van der Waals surface area contributed by atoms with E-state index in [0.717, 1.165) is 19.4 Å². The van der Waals surface area contributed by atoms with Crippen molar-refractivity contribution in [1.29, 1.82) is 0 Å². The molecular weight excluding hydrogens is 336 g/mol. The summed E-state index contributed by atoms with van der Waals surface area (Å²) < 4.78 is 25.2. The molecule has 132 valence electrons. The maximum Gasteiger partial charge on any atom is 0.251 e. The molecule has 0 saturated carbocycles. The Labute approximate surface area is 148 Å². The molecule has 1 aliphatic heterocycles. The molecule has 1 heterocycles. The summed E-state index contributed by atoms with van der Waals surface area (Å²) in [6.45, 7) is 1.53. The molecule has 1 unspecified atom stereocenters. The van der Waals surface area contributed by atoms with Gasteiger partial charge in [0.1, 0.15) is 0 Å². The first-order valence-corrected chi connectivity index (χ1v) is 10.1. The highest BCUT2D eigenvalue weighted by Gasteiger charge is 2.20. The van der Waals surface area contributed by atoms with Gasteiger partial charge in [-0.1, -0.05) is 36.4 Å². The number of carbonyl (C=O) groups excluding carboxylic acids is 1. The lowest BCUT2D eigenvalue weighted by Gasteiger charge is -2.14. The normalized spacial score (nSPS) is 17.4.